The lowest BCUT2D eigenvalue weighted by Gasteiger charge is -2.28. The number of rotatable bonds is 8. The average molecular weight is 440 g/mol. The minimum Gasteiger partial charge on any atom is -0.474 e. The Morgan fingerprint density at radius 1 is 1.03 bits per heavy atom. The Bertz CT molecular complexity index is 983. The highest BCUT2D eigenvalue weighted by atomic mass is 35.5. The number of benzene rings is 1. The van der Waals surface area contributed by atoms with E-state index in [0.29, 0.717) is 11.8 Å². The summed E-state index contributed by atoms with van der Waals surface area (Å²) in [5.74, 6) is 3.13. The first kappa shape index (κ1) is 21.8. The second-order valence-electron chi connectivity index (χ2n) is 8.22. The Hall–Kier alpha value is -2.47. The largest absolute Gasteiger partial charge is 0.474 e. The Morgan fingerprint density at radius 3 is 2.55 bits per heavy atom. The van der Waals surface area contributed by atoms with Crippen molar-refractivity contribution in [2.75, 3.05) is 0 Å². The van der Waals surface area contributed by atoms with Gasteiger partial charge in [-0.2, -0.15) is 0 Å². The first-order valence-electron chi connectivity index (χ1n) is 11.3. The highest BCUT2D eigenvalue weighted by molar-refractivity contribution is 6.30. The summed E-state index contributed by atoms with van der Waals surface area (Å²) >= 11 is 6.32. The van der Waals surface area contributed by atoms with Crippen molar-refractivity contribution in [1.29, 1.82) is 0 Å². The zero-order valence-electron chi connectivity index (χ0n) is 18.3. The molecule has 0 amide bonds. The van der Waals surface area contributed by atoms with Crippen LogP contribution in [0.25, 0.3) is 5.69 Å². The van der Waals surface area contributed by atoms with Gasteiger partial charge in [-0.05, 0) is 62.3 Å². The predicted octanol–water partition coefficient (Wildman–Crippen LogP) is 5.72. The molecule has 1 fully saturated rings. The van der Waals surface area contributed by atoms with E-state index in [4.69, 9.17) is 16.3 Å². The maximum absolute atomic E-state index is 6.32. The maximum Gasteiger partial charge on any atom is 0.216 e. The molecule has 7 heteroatoms. The molecule has 0 saturated heterocycles. The van der Waals surface area contributed by atoms with Gasteiger partial charge in [0.1, 0.15) is 24.1 Å². The third kappa shape index (κ3) is 5.06. The van der Waals surface area contributed by atoms with Crippen LogP contribution in [0.4, 0.5) is 0 Å². The molecule has 1 aliphatic carbocycles. The lowest BCUT2D eigenvalue weighted by atomic mass is 9.86. The van der Waals surface area contributed by atoms with Crippen LogP contribution in [0.2, 0.25) is 5.02 Å². The molecule has 31 heavy (non-hydrogen) atoms. The molecule has 0 aliphatic heterocycles. The number of nitrogens with zero attached hydrogens (tertiary/aromatic N) is 5. The summed E-state index contributed by atoms with van der Waals surface area (Å²) in [6, 6.07) is 8.01. The number of ether oxygens (including phenoxy) is 1. The number of aromatic nitrogens is 5. The summed E-state index contributed by atoms with van der Waals surface area (Å²) in [7, 11) is 0. The quantitative estimate of drug-likeness (QED) is 0.449. The molecule has 0 N–H and O–H groups in total. The fourth-order valence-corrected chi connectivity index (χ4v) is 4.64. The van der Waals surface area contributed by atoms with E-state index in [-0.39, 0.29) is 6.10 Å². The fourth-order valence-electron chi connectivity index (χ4n) is 4.44. The minimum absolute atomic E-state index is 0.184. The van der Waals surface area contributed by atoms with E-state index in [1.54, 1.807) is 6.20 Å². The number of hydrogen-bond donors (Lipinski definition) is 0. The third-order valence-corrected chi connectivity index (χ3v) is 6.15. The van der Waals surface area contributed by atoms with E-state index < -0.39 is 0 Å². The number of aryl methyl sites for hydroxylation is 2. The van der Waals surface area contributed by atoms with Crippen LogP contribution in [0.15, 0.2) is 36.8 Å². The second kappa shape index (κ2) is 10.2. The first-order chi connectivity index (χ1) is 15.2. The molecular weight excluding hydrogens is 410 g/mol. The summed E-state index contributed by atoms with van der Waals surface area (Å²) in [5, 5.41) is 10.1. The molecule has 2 aromatic heterocycles. The van der Waals surface area contributed by atoms with E-state index in [0.717, 1.165) is 68.0 Å². The standard InChI is InChI=1S/C24H30ClN5O/c1-3-5-18-15-19(25)9-12-21(18)30-22(6-4-2)28-29-24(30)17-7-10-20(11-8-17)31-23-13-14-26-16-27-23/h9,12-17,20H,3-8,10-11H2,1-2H3. The molecule has 0 bridgehead atoms. The Morgan fingerprint density at radius 2 is 1.84 bits per heavy atom. The van der Waals surface area contributed by atoms with Gasteiger partial charge in [-0.15, -0.1) is 10.2 Å². The van der Waals surface area contributed by atoms with Crippen LogP contribution in [0.5, 0.6) is 5.88 Å². The average Bonchev–Trinajstić information content (AvgIpc) is 3.19. The number of hydrogen-bond acceptors (Lipinski definition) is 5. The monoisotopic (exact) mass is 439 g/mol. The number of halogens is 1. The van der Waals surface area contributed by atoms with Gasteiger partial charge in [-0.25, -0.2) is 9.97 Å². The molecule has 1 aliphatic rings. The van der Waals surface area contributed by atoms with Crippen LogP contribution in [0, 0.1) is 0 Å². The summed E-state index contributed by atoms with van der Waals surface area (Å²) in [4.78, 5) is 8.15. The van der Waals surface area contributed by atoms with Crippen molar-refractivity contribution < 1.29 is 4.74 Å². The lowest BCUT2D eigenvalue weighted by molar-refractivity contribution is 0.138. The van der Waals surface area contributed by atoms with Crippen molar-refractivity contribution in [1.82, 2.24) is 24.7 Å². The lowest BCUT2D eigenvalue weighted by Crippen LogP contribution is -2.25. The Balaban J connectivity index is 1.58. The smallest absolute Gasteiger partial charge is 0.216 e. The van der Waals surface area contributed by atoms with Gasteiger partial charge in [0.2, 0.25) is 5.88 Å². The summed E-state index contributed by atoms with van der Waals surface area (Å²) in [6.45, 7) is 4.38. The van der Waals surface area contributed by atoms with Gasteiger partial charge in [0, 0.05) is 29.6 Å². The predicted molar refractivity (Wildman–Crippen MR) is 122 cm³/mol. The molecule has 1 aromatic carbocycles. The van der Waals surface area contributed by atoms with Crippen molar-refractivity contribution >= 4 is 11.6 Å². The molecule has 6 nitrogen and oxygen atoms in total. The summed E-state index contributed by atoms with van der Waals surface area (Å²) < 4.78 is 8.36. The fraction of sp³-hybridized carbons (Fsp3) is 0.500. The molecule has 0 atom stereocenters. The minimum atomic E-state index is 0.184. The SMILES string of the molecule is CCCc1cc(Cl)ccc1-n1c(CCC)nnc1C1CCC(Oc2ccncn2)CC1. The highest BCUT2D eigenvalue weighted by Gasteiger charge is 2.29. The normalized spacial score (nSPS) is 18.8. The van der Waals surface area contributed by atoms with Crippen molar-refractivity contribution in [2.45, 2.75) is 77.2 Å². The molecule has 0 spiro atoms. The van der Waals surface area contributed by atoms with Crippen LogP contribution in [0.1, 0.15) is 75.5 Å². The van der Waals surface area contributed by atoms with E-state index >= 15 is 0 Å². The molecule has 3 aromatic rings. The summed E-state index contributed by atoms with van der Waals surface area (Å²) in [6.07, 6.45) is 11.4. The van der Waals surface area contributed by atoms with Crippen LogP contribution >= 0.6 is 11.6 Å². The topological polar surface area (TPSA) is 65.7 Å². The van der Waals surface area contributed by atoms with Crippen LogP contribution < -0.4 is 4.74 Å². The van der Waals surface area contributed by atoms with Gasteiger partial charge in [-0.3, -0.25) is 4.57 Å². The zero-order chi connectivity index (χ0) is 21.6. The first-order valence-corrected chi connectivity index (χ1v) is 11.7. The van der Waals surface area contributed by atoms with Crippen LogP contribution in [-0.2, 0) is 12.8 Å². The van der Waals surface area contributed by atoms with Gasteiger partial charge in [-0.1, -0.05) is 31.9 Å². The second-order valence-corrected chi connectivity index (χ2v) is 8.66. The van der Waals surface area contributed by atoms with Gasteiger partial charge in [0.25, 0.3) is 0 Å². The third-order valence-electron chi connectivity index (χ3n) is 5.91. The van der Waals surface area contributed by atoms with Gasteiger partial charge < -0.3 is 4.74 Å². The van der Waals surface area contributed by atoms with E-state index in [2.05, 4.69) is 50.7 Å². The zero-order valence-corrected chi connectivity index (χ0v) is 19.1. The van der Waals surface area contributed by atoms with Gasteiger partial charge in [0.05, 0.1) is 5.69 Å². The Kier molecular flexibility index (Phi) is 7.17. The molecular formula is C24H30ClN5O. The van der Waals surface area contributed by atoms with Crippen LogP contribution in [-0.4, -0.2) is 30.8 Å². The van der Waals surface area contributed by atoms with Crippen molar-refractivity contribution in [3.8, 4) is 11.6 Å². The highest BCUT2D eigenvalue weighted by Crippen LogP contribution is 2.36. The molecule has 4 rings (SSSR count). The van der Waals surface area contributed by atoms with Crippen molar-refractivity contribution in [3.05, 3.63) is 59.0 Å². The maximum atomic E-state index is 6.32. The van der Waals surface area contributed by atoms with Crippen molar-refractivity contribution in [3.63, 3.8) is 0 Å². The van der Waals surface area contributed by atoms with Gasteiger partial charge in [0.15, 0.2) is 0 Å². The summed E-state index contributed by atoms with van der Waals surface area (Å²) in [5.41, 5.74) is 2.43. The molecule has 0 radical (unpaired) electrons. The Labute approximate surface area is 189 Å². The molecule has 164 valence electrons. The van der Waals surface area contributed by atoms with E-state index in [1.807, 2.05) is 12.1 Å². The molecule has 1 saturated carbocycles. The van der Waals surface area contributed by atoms with E-state index in [9.17, 15) is 0 Å². The molecule has 2 heterocycles. The van der Waals surface area contributed by atoms with E-state index in [1.165, 1.54) is 17.6 Å². The van der Waals surface area contributed by atoms with Crippen LogP contribution in [0.3, 0.4) is 0 Å². The molecule has 0 unspecified atom stereocenters. The van der Waals surface area contributed by atoms with Gasteiger partial charge >= 0.3 is 0 Å². The van der Waals surface area contributed by atoms with Crippen molar-refractivity contribution in [2.24, 2.45) is 0 Å².